The zero-order valence-corrected chi connectivity index (χ0v) is 11.9. The second-order valence-corrected chi connectivity index (χ2v) is 10.5. The van der Waals surface area contributed by atoms with Crippen LogP contribution in [0.3, 0.4) is 0 Å². The van der Waals surface area contributed by atoms with Crippen LogP contribution in [0.5, 0.6) is 0 Å². The second-order valence-electron chi connectivity index (χ2n) is 3.36. The Hall–Kier alpha value is -0.0613. The first-order valence-corrected chi connectivity index (χ1v) is 9.56. The zero-order valence-electron chi connectivity index (χ0n) is 9.08. The van der Waals surface area contributed by atoms with E-state index in [0.717, 1.165) is 0 Å². The first kappa shape index (κ1) is 12.0. The summed E-state index contributed by atoms with van der Waals surface area (Å²) in [6.45, 7) is 4.24. The number of hydrogen-bond acceptors (Lipinski definition) is 2. The van der Waals surface area contributed by atoms with E-state index in [-0.39, 0.29) is 6.04 Å². The van der Waals surface area contributed by atoms with Crippen molar-refractivity contribution in [2.24, 2.45) is 5.73 Å². The monoisotopic (exact) mass is 300 g/mol. The molecule has 0 saturated heterocycles. The van der Waals surface area contributed by atoms with Crippen LogP contribution in [0, 0.1) is 0 Å². The van der Waals surface area contributed by atoms with Crippen molar-refractivity contribution in [2.75, 3.05) is 7.11 Å². The summed E-state index contributed by atoms with van der Waals surface area (Å²) in [5.41, 5.74) is 7.21. The van der Waals surface area contributed by atoms with Gasteiger partial charge in [-0.1, -0.05) is 0 Å². The maximum atomic E-state index is 5.94. The van der Waals surface area contributed by atoms with E-state index in [9.17, 15) is 0 Å². The van der Waals surface area contributed by atoms with Crippen LogP contribution in [-0.4, -0.2) is 27.3 Å². The molecule has 0 amide bonds. The molecule has 2 nitrogen and oxygen atoms in total. The average Bonchev–Trinajstić information content (AvgIpc) is 2.20. The van der Waals surface area contributed by atoms with Gasteiger partial charge in [0.05, 0.1) is 0 Å². The first-order valence-electron chi connectivity index (χ1n) is 4.95. The van der Waals surface area contributed by atoms with Gasteiger partial charge in [0.15, 0.2) is 0 Å². The summed E-state index contributed by atoms with van der Waals surface area (Å²) in [5.74, 6) is 0. The molecule has 2 N–H and O–H groups in total. The molecule has 0 aliphatic rings. The van der Waals surface area contributed by atoms with E-state index < -0.39 is 20.2 Å². The summed E-state index contributed by atoms with van der Waals surface area (Å²) >= 11 is -1.80. The van der Waals surface area contributed by atoms with Gasteiger partial charge in [0.2, 0.25) is 0 Å². The predicted octanol–water partition coefficient (Wildman–Crippen LogP) is 1.57. The van der Waals surface area contributed by atoms with Crippen LogP contribution < -0.4 is 9.31 Å². The third kappa shape index (κ3) is 2.71. The minimum atomic E-state index is -1.80. The molecule has 0 aliphatic heterocycles. The van der Waals surface area contributed by atoms with Gasteiger partial charge in [-0.05, 0) is 0 Å². The van der Waals surface area contributed by atoms with E-state index in [0.29, 0.717) is 0 Å². The minimum absolute atomic E-state index is 0.114. The van der Waals surface area contributed by atoms with Gasteiger partial charge >= 0.3 is 93.8 Å². The Morgan fingerprint density at radius 2 is 2.07 bits per heavy atom. The summed E-state index contributed by atoms with van der Waals surface area (Å²) in [5, 5.41) is 0. The van der Waals surface area contributed by atoms with E-state index in [1.54, 1.807) is 0 Å². The van der Waals surface area contributed by atoms with Crippen LogP contribution >= 0.6 is 0 Å². The third-order valence-electron chi connectivity index (χ3n) is 2.32. The summed E-state index contributed by atoms with van der Waals surface area (Å²) in [4.78, 5) is 0. The topological polar surface area (TPSA) is 35.2 Å². The fraction of sp³-hybridized carbons (Fsp3) is 0.455. The van der Waals surface area contributed by atoms with Crippen molar-refractivity contribution in [2.45, 2.75) is 24.3 Å². The Bertz CT molecular complexity index is 284. The van der Waals surface area contributed by atoms with Crippen molar-refractivity contribution < 1.29 is 3.07 Å². The van der Waals surface area contributed by atoms with Crippen molar-refractivity contribution in [1.82, 2.24) is 0 Å². The Balaban J connectivity index is 3.05. The molecule has 0 fully saturated rings. The molecule has 1 aromatic rings. The molecular weight excluding hydrogens is 281 g/mol. The fourth-order valence-corrected chi connectivity index (χ4v) is 6.74. The molecule has 14 heavy (non-hydrogen) atoms. The standard InChI is InChI=1S/C8H10N.C2H5.CH3O.Sn/c1-7(9)8-5-3-2-4-6-8;2*1-2;/h2-5,7H,9H2,1H3;1H2,2H3;1H3;/q;;-1;+2. The van der Waals surface area contributed by atoms with E-state index in [2.05, 4.69) is 25.1 Å². The van der Waals surface area contributed by atoms with Crippen LogP contribution in [0.1, 0.15) is 25.5 Å². The van der Waals surface area contributed by atoms with Gasteiger partial charge in [0.25, 0.3) is 0 Å². The van der Waals surface area contributed by atoms with Crippen LogP contribution in [-0.2, 0) is 3.07 Å². The summed E-state index contributed by atoms with van der Waals surface area (Å²) in [6.07, 6.45) is 0. The van der Waals surface area contributed by atoms with Gasteiger partial charge in [0.1, 0.15) is 0 Å². The maximum absolute atomic E-state index is 5.94. The van der Waals surface area contributed by atoms with E-state index in [1.807, 2.05) is 20.1 Å². The van der Waals surface area contributed by atoms with Crippen LogP contribution in [0.2, 0.25) is 4.44 Å². The fourth-order valence-electron chi connectivity index (χ4n) is 1.59. The molecule has 0 heterocycles. The predicted molar refractivity (Wildman–Crippen MR) is 61.9 cm³/mol. The van der Waals surface area contributed by atoms with E-state index in [1.165, 1.54) is 13.6 Å². The Morgan fingerprint density at radius 3 is 2.57 bits per heavy atom. The number of rotatable bonds is 4. The molecule has 0 bridgehead atoms. The summed E-state index contributed by atoms with van der Waals surface area (Å²) < 4.78 is 8.20. The number of nitrogens with two attached hydrogens (primary N) is 1. The zero-order chi connectivity index (χ0) is 10.6. The molecule has 0 saturated carbocycles. The Morgan fingerprint density at radius 1 is 1.43 bits per heavy atom. The molecule has 0 spiro atoms. The SMILES string of the molecule is C[CH2][Sn+]([O]C)[c]1ccccc1C(C)N. The van der Waals surface area contributed by atoms with Crippen LogP contribution in [0.4, 0.5) is 0 Å². The van der Waals surface area contributed by atoms with Crippen molar-refractivity contribution in [3.63, 3.8) is 0 Å². The molecule has 3 heteroatoms. The second kappa shape index (κ2) is 5.73. The first-order chi connectivity index (χ1) is 6.70. The summed E-state index contributed by atoms with van der Waals surface area (Å²) in [7, 11) is 1.83. The number of hydrogen-bond donors (Lipinski definition) is 1. The molecule has 1 atom stereocenters. The van der Waals surface area contributed by atoms with Gasteiger partial charge in [-0.25, -0.2) is 0 Å². The van der Waals surface area contributed by atoms with Crippen molar-refractivity contribution in [3.8, 4) is 0 Å². The van der Waals surface area contributed by atoms with Gasteiger partial charge in [-0.3, -0.25) is 0 Å². The third-order valence-corrected chi connectivity index (χ3v) is 8.57. The number of benzene rings is 1. The molecule has 76 valence electrons. The Kier molecular flexibility index (Phi) is 4.92. The quantitative estimate of drug-likeness (QED) is 0.857. The van der Waals surface area contributed by atoms with Crippen molar-refractivity contribution >= 4 is 23.8 Å². The Labute approximate surface area is 93.7 Å². The van der Waals surface area contributed by atoms with Crippen LogP contribution in [0.25, 0.3) is 0 Å². The van der Waals surface area contributed by atoms with Gasteiger partial charge in [-0.2, -0.15) is 0 Å². The van der Waals surface area contributed by atoms with Gasteiger partial charge in [-0.15, -0.1) is 0 Å². The molecule has 1 unspecified atom stereocenters. The van der Waals surface area contributed by atoms with Crippen LogP contribution in [0.15, 0.2) is 24.3 Å². The molecule has 1 aromatic carbocycles. The van der Waals surface area contributed by atoms with E-state index in [4.69, 9.17) is 8.81 Å². The molecule has 0 aliphatic carbocycles. The molecule has 0 radical (unpaired) electrons. The van der Waals surface area contributed by atoms with Gasteiger partial charge < -0.3 is 0 Å². The van der Waals surface area contributed by atoms with Crippen molar-refractivity contribution in [1.29, 1.82) is 0 Å². The summed E-state index contributed by atoms with van der Waals surface area (Å²) in [6, 6.07) is 8.55. The molecular formula is C11H18NOSn+. The van der Waals surface area contributed by atoms with Gasteiger partial charge in [0, 0.05) is 0 Å². The molecule has 0 aromatic heterocycles. The van der Waals surface area contributed by atoms with Crippen molar-refractivity contribution in [3.05, 3.63) is 29.8 Å². The normalized spacial score (nSPS) is 12.6. The van der Waals surface area contributed by atoms with E-state index >= 15 is 0 Å². The molecule has 1 rings (SSSR count). The average molecular weight is 299 g/mol.